The van der Waals surface area contributed by atoms with Gasteiger partial charge < -0.3 is 10.8 Å². The smallest absolute Gasteiger partial charge is 0.280 e. The van der Waals surface area contributed by atoms with Crippen molar-refractivity contribution in [2.24, 2.45) is 5.73 Å². The molecule has 0 bridgehead atoms. The average Bonchev–Trinajstić information content (AvgIpc) is 2.16. The molecule has 0 aromatic carbocycles. The largest absolute Gasteiger partial charge is 0.392 e. The third-order valence-corrected chi connectivity index (χ3v) is 2.68. The maximum Gasteiger partial charge on any atom is 0.280 e. The van der Waals surface area contributed by atoms with E-state index in [4.69, 9.17) is 10.8 Å². The first kappa shape index (κ1) is 11.7. The summed E-state index contributed by atoms with van der Waals surface area (Å²) in [6.07, 6.45) is -2.61. The number of alkyl halides is 2. The Morgan fingerprint density at radius 1 is 1.57 bits per heavy atom. The van der Waals surface area contributed by atoms with Gasteiger partial charge in [-0.05, 0) is 34.2 Å². The lowest BCUT2D eigenvalue weighted by Gasteiger charge is -2.09. The summed E-state index contributed by atoms with van der Waals surface area (Å²) in [6.45, 7) is -0.116. The van der Waals surface area contributed by atoms with Gasteiger partial charge in [0, 0.05) is 12.1 Å². The zero-order valence-corrected chi connectivity index (χ0v) is 9.33. The first-order valence-electron chi connectivity index (χ1n) is 3.87. The van der Waals surface area contributed by atoms with Crippen LogP contribution in [0.1, 0.15) is 23.2 Å². The molecule has 0 unspecified atom stereocenters. The lowest BCUT2D eigenvalue weighted by Crippen LogP contribution is -2.08. The van der Waals surface area contributed by atoms with E-state index in [0.29, 0.717) is 14.8 Å². The van der Waals surface area contributed by atoms with Crippen LogP contribution >= 0.6 is 22.6 Å². The predicted molar refractivity (Wildman–Crippen MR) is 55.7 cm³/mol. The number of pyridine rings is 1. The van der Waals surface area contributed by atoms with Crippen molar-refractivity contribution >= 4 is 22.6 Å². The Labute approximate surface area is 93.5 Å². The molecule has 0 amide bonds. The van der Waals surface area contributed by atoms with Crippen LogP contribution < -0.4 is 5.73 Å². The molecule has 0 spiro atoms. The fourth-order valence-corrected chi connectivity index (χ4v) is 1.87. The summed E-state index contributed by atoms with van der Waals surface area (Å²) in [5.41, 5.74) is 6.12. The van der Waals surface area contributed by atoms with Gasteiger partial charge in [0.2, 0.25) is 0 Å². The summed E-state index contributed by atoms with van der Waals surface area (Å²) in [5, 5.41) is 8.97. The Balaban J connectivity index is 3.24. The van der Waals surface area contributed by atoms with Crippen LogP contribution in [0.15, 0.2) is 6.07 Å². The molecule has 14 heavy (non-hydrogen) atoms. The van der Waals surface area contributed by atoms with E-state index in [9.17, 15) is 8.78 Å². The van der Waals surface area contributed by atoms with Gasteiger partial charge in [-0.1, -0.05) is 0 Å². The molecule has 0 fully saturated rings. The monoisotopic (exact) mass is 314 g/mol. The van der Waals surface area contributed by atoms with Crippen molar-refractivity contribution in [2.75, 3.05) is 0 Å². The van der Waals surface area contributed by atoms with Crippen molar-refractivity contribution in [3.05, 3.63) is 26.6 Å². The number of halogens is 3. The number of hydrogen-bond acceptors (Lipinski definition) is 3. The minimum atomic E-state index is -2.61. The van der Waals surface area contributed by atoms with Gasteiger partial charge in [-0.15, -0.1) is 0 Å². The topological polar surface area (TPSA) is 59.1 Å². The summed E-state index contributed by atoms with van der Waals surface area (Å²) in [6, 6.07) is 1.23. The van der Waals surface area contributed by atoms with E-state index in [1.165, 1.54) is 6.07 Å². The second-order valence-electron chi connectivity index (χ2n) is 2.64. The SMILES string of the molecule is NCc1cc(C(F)F)nc(I)c1CO. The Bertz CT molecular complexity index is 333. The van der Waals surface area contributed by atoms with Gasteiger partial charge >= 0.3 is 0 Å². The second kappa shape index (κ2) is 4.94. The molecule has 0 atom stereocenters. The molecular formula is C8H9F2IN2O. The summed E-state index contributed by atoms with van der Waals surface area (Å²) in [7, 11) is 0. The highest BCUT2D eigenvalue weighted by molar-refractivity contribution is 14.1. The van der Waals surface area contributed by atoms with E-state index < -0.39 is 6.43 Å². The van der Waals surface area contributed by atoms with Crippen LogP contribution in [0.4, 0.5) is 8.78 Å². The van der Waals surface area contributed by atoms with Crippen LogP contribution in [0.3, 0.4) is 0 Å². The summed E-state index contributed by atoms with van der Waals surface area (Å²) < 4.78 is 25.0. The Morgan fingerprint density at radius 3 is 2.64 bits per heavy atom. The van der Waals surface area contributed by atoms with Crippen LogP contribution in [0.5, 0.6) is 0 Å². The van der Waals surface area contributed by atoms with Gasteiger partial charge in [0.1, 0.15) is 9.39 Å². The molecule has 0 saturated heterocycles. The fraction of sp³-hybridized carbons (Fsp3) is 0.375. The first-order chi connectivity index (χ1) is 6.60. The molecule has 0 aliphatic heterocycles. The van der Waals surface area contributed by atoms with Crippen LogP contribution in [0.25, 0.3) is 0 Å². The molecule has 0 aliphatic rings. The normalized spacial score (nSPS) is 11.0. The summed E-state index contributed by atoms with van der Waals surface area (Å²) >= 11 is 1.81. The van der Waals surface area contributed by atoms with E-state index in [0.717, 1.165) is 0 Å². The molecule has 0 radical (unpaired) electrons. The lowest BCUT2D eigenvalue weighted by molar-refractivity contribution is 0.145. The van der Waals surface area contributed by atoms with Crippen molar-refractivity contribution in [2.45, 2.75) is 19.6 Å². The quantitative estimate of drug-likeness (QED) is 0.658. The van der Waals surface area contributed by atoms with Crippen LogP contribution in [-0.4, -0.2) is 10.1 Å². The van der Waals surface area contributed by atoms with Crippen LogP contribution in [0, 0.1) is 3.70 Å². The zero-order chi connectivity index (χ0) is 10.7. The Morgan fingerprint density at radius 2 is 2.21 bits per heavy atom. The second-order valence-corrected chi connectivity index (χ2v) is 3.66. The van der Waals surface area contributed by atoms with Crippen molar-refractivity contribution in [3.8, 4) is 0 Å². The zero-order valence-electron chi connectivity index (χ0n) is 7.17. The Hall–Kier alpha value is -0.340. The molecular weight excluding hydrogens is 305 g/mol. The maximum absolute atomic E-state index is 12.3. The van der Waals surface area contributed by atoms with Gasteiger partial charge in [0.25, 0.3) is 6.43 Å². The highest BCUT2D eigenvalue weighted by Gasteiger charge is 2.14. The third kappa shape index (κ3) is 2.37. The van der Waals surface area contributed by atoms with Crippen molar-refractivity contribution in [1.29, 1.82) is 0 Å². The van der Waals surface area contributed by atoms with Crippen molar-refractivity contribution in [1.82, 2.24) is 4.98 Å². The number of rotatable bonds is 3. The van der Waals surface area contributed by atoms with Gasteiger partial charge in [0.15, 0.2) is 0 Å². The number of nitrogens with zero attached hydrogens (tertiary/aromatic N) is 1. The molecule has 1 rings (SSSR count). The number of aliphatic hydroxyl groups is 1. The van der Waals surface area contributed by atoms with Gasteiger partial charge in [-0.25, -0.2) is 13.8 Å². The molecule has 1 aromatic rings. The molecule has 6 heteroatoms. The van der Waals surface area contributed by atoms with Gasteiger partial charge in [-0.2, -0.15) is 0 Å². The van der Waals surface area contributed by atoms with Crippen molar-refractivity contribution in [3.63, 3.8) is 0 Å². The average molecular weight is 314 g/mol. The van der Waals surface area contributed by atoms with E-state index in [2.05, 4.69) is 4.98 Å². The maximum atomic E-state index is 12.3. The van der Waals surface area contributed by atoms with E-state index in [1.807, 2.05) is 22.6 Å². The van der Waals surface area contributed by atoms with Crippen LogP contribution in [0.2, 0.25) is 0 Å². The lowest BCUT2D eigenvalue weighted by atomic mass is 10.1. The van der Waals surface area contributed by atoms with Crippen molar-refractivity contribution < 1.29 is 13.9 Å². The molecule has 0 saturated carbocycles. The van der Waals surface area contributed by atoms with E-state index >= 15 is 0 Å². The summed E-state index contributed by atoms with van der Waals surface area (Å²) in [4.78, 5) is 3.67. The van der Waals surface area contributed by atoms with E-state index in [1.54, 1.807) is 0 Å². The number of aromatic nitrogens is 1. The highest BCUT2D eigenvalue weighted by atomic mass is 127. The minimum absolute atomic E-state index is 0.119. The Kier molecular flexibility index (Phi) is 4.14. The van der Waals surface area contributed by atoms with E-state index in [-0.39, 0.29) is 18.8 Å². The molecule has 3 N–H and O–H groups in total. The highest BCUT2D eigenvalue weighted by Crippen LogP contribution is 2.22. The van der Waals surface area contributed by atoms with Gasteiger partial charge in [0.05, 0.1) is 6.61 Å². The number of nitrogens with two attached hydrogens (primary N) is 1. The fourth-order valence-electron chi connectivity index (χ4n) is 1.07. The summed E-state index contributed by atoms with van der Waals surface area (Å²) in [5.74, 6) is 0. The predicted octanol–water partition coefficient (Wildman–Crippen LogP) is 1.57. The standard InChI is InChI=1S/C8H9F2IN2O/c9-7(10)6-1-4(2-12)5(3-14)8(11)13-6/h1,7,14H,2-3,12H2. The number of aliphatic hydroxyl groups excluding tert-OH is 1. The molecule has 1 heterocycles. The molecule has 78 valence electrons. The van der Waals surface area contributed by atoms with Crippen LogP contribution in [-0.2, 0) is 13.2 Å². The molecule has 0 aliphatic carbocycles. The third-order valence-electron chi connectivity index (χ3n) is 1.79. The minimum Gasteiger partial charge on any atom is -0.392 e. The number of hydrogen-bond donors (Lipinski definition) is 2. The molecule has 1 aromatic heterocycles. The first-order valence-corrected chi connectivity index (χ1v) is 4.95. The van der Waals surface area contributed by atoms with Gasteiger partial charge in [-0.3, -0.25) is 0 Å². The molecule has 3 nitrogen and oxygen atoms in total.